The number of pyridine rings is 1. The van der Waals surface area contributed by atoms with Crippen LogP contribution in [0.4, 0.5) is 5.82 Å². The van der Waals surface area contributed by atoms with E-state index in [-0.39, 0.29) is 29.9 Å². The molecule has 0 atom stereocenters. The lowest BCUT2D eigenvalue weighted by Gasteiger charge is -2.12. The highest BCUT2D eigenvalue weighted by atomic mass is 127. The van der Waals surface area contributed by atoms with Gasteiger partial charge in [0, 0.05) is 37.3 Å². The Labute approximate surface area is 182 Å². The van der Waals surface area contributed by atoms with Crippen LogP contribution in [0.5, 0.6) is 0 Å². The molecule has 6 nitrogen and oxygen atoms in total. The number of carbonyl (C=O) groups is 1. The number of rotatable bonds is 7. The summed E-state index contributed by atoms with van der Waals surface area (Å²) in [6.45, 7) is 3.09. The number of nitrogens with zero attached hydrogens (tertiary/aromatic N) is 2. The molecule has 0 aliphatic carbocycles. The Balaban J connectivity index is 0.00000364. The summed E-state index contributed by atoms with van der Waals surface area (Å²) in [5.41, 5.74) is 2.02. The zero-order valence-electron chi connectivity index (χ0n) is 15.5. The topological polar surface area (TPSA) is 78.4 Å². The van der Waals surface area contributed by atoms with E-state index in [1.807, 2.05) is 43.3 Å². The number of hydrogen-bond acceptors (Lipinski definition) is 3. The minimum Gasteiger partial charge on any atom is -0.356 e. The number of carbonyl (C=O) groups excluding carboxylic acids is 1. The van der Waals surface area contributed by atoms with Gasteiger partial charge in [-0.25, -0.2) is 4.98 Å². The molecule has 0 aliphatic heterocycles. The van der Waals surface area contributed by atoms with E-state index < -0.39 is 0 Å². The zero-order chi connectivity index (χ0) is 18.8. The Morgan fingerprint density at radius 3 is 2.59 bits per heavy atom. The minimum absolute atomic E-state index is 0. The van der Waals surface area contributed by atoms with Crippen molar-refractivity contribution in [3.05, 3.63) is 58.7 Å². The van der Waals surface area contributed by atoms with Crippen molar-refractivity contribution in [2.75, 3.05) is 25.5 Å². The SMILES string of the molecule is CN=C(NCCC(=O)Nc1cccc(C)n1)NCCc1cccc(Cl)c1.I. The molecular formula is C19H25ClIN5O. The first-order valence-electron chi connectivity index (χ1n) is 8.49. The number of nitrogens with one attached hydrogen (secondary N) is 3. The molecule has 0 spiro atoms. The summed E-state index contributed by atoms with van der Waals surface area (Å²) in [4.78, 5) is 20.4. The van der Waals surface area contributed by atoms with Crippen molar-refractivity contribution in [1.82, 2.24) is 15.6 Å². The summed E-state index contributed by atoms with van der Waals surface area (Å²) in [6.07, 6.45) is 1.16. The first kappa shape index (κ1) is 23.2. The standard InChI is InChI=1S/C19H24ClN5O.HI/c1-14-5-3-8-17(24-14)25-18(26)10-12-23-19(21-2)22-11-9-15-6-4-7-16(20)13-15;/h3-8,13H,9-12H2,1-2H3,(H2,21,22,23)(H,24,25,26);1H. The molecule has 2 rings (SSSR count). The van der Waals surface area contributed by atoms with Crippen molar-refractivity contribution in [2.45, 2.75) is 19.8 Å². The third-order valence-electron chi connectivity index (χ3n) is 3.62. The van der Waals surface area contributed by atoms with Gasteiger partial charge in [-0.05, 0) is 43.2 Å². The minimum atomic E-state index is -0.0926. The smallest absolute Gasteiger partial charge is 0.227 e. The van der Waals surface area contributed by atoms with Crippen molar-refractivity contribution >= 4 is 53.3 Å². The lowest BCUT2D eigenvalue weighted by molar-refractivity contribution is -0.116. The molecule has 8 heteroatoms. The zero-order valence-corrected chi connectivity index (χ0v) is 18.5. The molecule has 3 N–H and O–H groups in total. The molecule has 1 amide bonds. The van der Waals surface area contributed by atoms with Gasteiger partial charge < -0.3 is 16.0 Å². The molecule has 0 saturated heterocycles. The molecule has 0 radical (unpaired) electrons. The third kappa shape index (κ3) is 9.05. The van der Waals surface area contributed by atoms with Crippen molar-refractivity contribution in [3.63, 3.8) is 0 Å². The number of aliphatic imine (C=N–C) groups is 1. The van der Waals surface area contributed by atoms with Gasteiger partial charge in [0.1, 0.15) is 5.82 Å². The first-order valence-corrected chi connectivity index (χ1v) is 8.87. The first-order chi connectivity index (χ1) is 12.6. The van der Waals surface area contributed by atoms with E-state index in [1.165, 1.54) is 0 Å². The average molecular weight is 502 g/mol. The second-order valence-electron chi connectivity index (χ2n) is 5.77. The summed E-state index contributed by atoms with van der Waals surface area (Å²) >= 11 is 5.98. The van der Waals surface area contributed by atoms with Crippen LogP contribution >= 0.6 is 35.6 Å². The number of aryl methyl sites for hydroxylation is 1. The van der Waals surface area contributed by atoms with Crippen LogP contribution in [0, 0.1) is 6.92 Å². The van der Waals surface area contributed by atoms with Crippen LogP contribution in [0.15, 0.2) is 47.5 Å². The molecule has 2 aromatic rings. The normalized spacial score (nSPS) is 10.7. The van der Waals surface area contributed by atoms with E-state index in [1.54, 1.807) is 13.1 Å². The maximum Gasteiger partial charge on any atom is 0.227 e. The number of halogens is 2. The third-order valence-corrected chi connectivity index (χ3v) is 3.85. The van der Waals surface area contributed by atoms with Crippen LogP contribution in [0.25, 0.3) is 0 Å². The van der Waals surface area contributed by atoms with Gasteiger partial charge in [-0.15, -0.1) is 24.0 Å². The quantitative estimate of drug-likeness (QED) is 0.309. The summed E-state index contributed by atoms with van der Waals surface area (Å²) in [7, 11) is 1.70. The fourth-order valence-corrected chi connectivity index (χ4v) is 2.56. The highest BCUT2D eigenvalue weighted by Crippen LogP contribution is 2.10. The largest absolute Gasteiger partial charge is 0.356 e. The average Bonchev–Trinajstić information content (AvgIpc) is 2.60. The number of guanidine groups is 1. The maximum absolute atomic E-state index is 12.0. The van der Waals surface area contributed by atoms with E-state index >= 15 is 0 Å². The van der Waals surface area contributed by atoms with Gasteiger partial charge in [-0.3, -0.25) is 9.79 Å². The van der Waals surface area contributed by atoms with Crippen LogP contribution in [-0.4, -0.2) is 37.0 Å². The molecule has 0 bridgehead atoms. The predicted molar refractivity (Wildman–Crippen MR) is 122 cm³/mol. The lowest BCUT2D eigenvalue weighted by atomic mass is 10.1. The molecule has 0 saturated carbocycles. The fourth-order valence-electron chi connectivity index (χ4n) is 2.35. The number of amides is 1. The monoisotopic (exact) mass is 501 g/mol. The van der Waals surface area contributed by atoms with E-state index in [0.29, 0.717) is 24.7 Å². The number of anilines is 1. The number of hydrogen-bond donors (Lipinski definition) is 3. The van der Waals surface area contributed by atoms with E-state index in [2.05, 4.69) is 25.9 Å². The van der Waals surface area contributed by atoms with E-state index in [0.717, 1.165) is 29.2 Å². The van der Waals surface area contributed by atoms with Gasteiger partial charge >= 0.3 is 0 Å². The molecule has 0 aliphatic rings. The van der Waals surface area contributed by atoms with Gasteiger partial charge in [0.25, 0.3) is 0 Å². The van der Waals surface area contributed by atoms with Gasteiger partial charge in [-0.1, -0.05) is 29.8 Å². The van der Waals surface area contributed by atoms with Crippen LogP contribution in [0.2, 0.25) is 5.02 Å². The van der Waals surface area contributed by atoms with Gasteiger partial charge in [0.05, 0.1) is 0 Å². The van der Waals surface area contributed by atoms with Crippen LogP contribution < -0.4 is 16.0 Å². The second-order valence-corrected chi connectivity index (χ2v) is 6.20. The summed E-state index contributed by atoms with van der Waals surface area (Å²) in [5, 5.41) is 9.86. The highest BCUT2D eigenvalue weighted by molar-refractivity contribution is 14.0. The Bertz CT molecular complexity index is 769. The maximum atomic E-state index is 12.0. The van der Waals surface area contributed by atoms with Crippen LogP contribution in [0.1, 0.15) is 17.7 Å². The molecule has 1 aromatic heterocycles. The Morgan fingerprint density at radius 1 is 1.15 bits per heavy atom. The van der Waals surface area contributed by atoms with Gasteiger partial charge in [-0.2, -0.15) is 0 Å². The molecule has 1 heterocycles. The molecule has 1 aromatic carbocycles. The summed E-state index contributed by atoms with van der Waals surface area (Å²) in [5.74, 6) is 1.14. The number of benzene rings is 1. The highest BCUT2D eigenvalue weighted by Gasteiger charge is 2.04. The van der Waals surface area contributed by atoms with Crippen molar-refractivity contribution < 1.29 is 4.79 Å². The van der Waals surface area contributed by atoms with E-state index in [4.69, 9.17) is 11.6 Å². The second kappa shape index (κ2) is 12.5. The van der Waals surface area contributed by atoms with Gasteiger partial charge in [0.15, 0.2) is 5.96 Å². The Morgan fingerprint density at radius 2 is 1.89 bits per heavy atom. The molecule has 27 heavy (non-hydrogen) atoms. The molecule has 0 unspecified atom stereocenters. The lowest BCUT2D eigenvalue weighted by Crippen LogP contribution is -2.39. The Kier molecular flexibility index (Phi) is 10.7. The fraction of sp³-hybridized carbons (Fsp3) is 0.316. The number of aromatic nitrogens is 1. The van der Waals surface area contributed by atoms with Crippen molar-refractivity contribution in [1.29, 1.82) is 0 Å². The summed E-state index contributed by atoms with van der Waals surface area (Å²) < 4.78 is 0. The molecule has 146 valence electrons. The van der Waals surface area contributed by atoms with Crippen LogP contribution in [0.3, 0.4) is 0 Å². The van der Waals surface area contributed by atoms with Gasteiger partial charge in [0.2, 0.25) is 5.91 Å². The van der Waals surface area contributed by atoms with E-state index in [9.17, 15) is 4.79 Å². The molecular weight excluding hydrogens is 477 g/mol. The predicted octanol–water partition coefficient (Wildman–Crippen LogP) is 3.40. The van der Waals surface area contributed by atoms with Crippen LogP contribution in [-0.2, 0) is 11.2 Å². The molecule has 0 fully saturated rings. The summed E-state index contributed by atoms with van der Waals surface area (Å²) in [6, 6.07) is 13.3. The Hall–Kier alpha value is -1.87. The van der Waals surface area contributed by atoms with Crippen molar-refractivity contribution in [2.24, 2.45) is 4.99 Å². The van der Waals surface area contributed by atoms with Crippen molar-refractivity contribution in [3.8, 4) is 0 Å².